The van der Waals surface area contributed by atoms with Crippen LogP contribution in [0.5, 0.6) is 5.75 Å². The largest absolute Gasteiger partial charge is 0.497 e. The predicted octanol–water partition coefficient (Wildman–Crippen LogP) is 4.66. The fourth-order valence-electron chi connectivity index (χ4n) is 3.94. The highest BCUT2D eigenvalue weighted by Gasteiger charge is 2.30. The number of hydrogen-bond donors (Lipinski definition) is 0. The molecule has 0 spiro atoms. The molecule has 0 saturated carbocycles. The van der Waals surface area contributed by atoms with Crippen molar-refractivity contribution in [3.63, 3.8) is 0 Å². The van der Waals surface area contributed by atoms with E-state index in [1.807, 2.05) is 39.0 Å². The summed E-state index contributed by atoms with van der Waals surface area (Å²) in [6, 6.07) is 5.85. The molecule has 1 saturated heterocycles. The molecule has 1 aliphatic rings. The fourth-order valence-corrected chi connectivity index (χ4v) is 3.94. The lowest BCUT2D eigenvalue weighted by atomic mass is 9.97. The molecule has 32 heavy (non-hydrogen) atoms. The molecule has 2 aromatic heterocycles. The van der Waals surface area contributed by atoms with Gasteiger partial charge in [0.25, 0.3) is 5.95 Å². The Hall–Kier alpha value is -3.10. The van der Waals surface area contributed by atoms with Crippen LogP contribution in [0.1, 0.15) is 70.9 Å². The number of fused-ring (bicyclic) bond motifs is 1. The third-order valence-corrected chi connectivity index (χ3v) is 5.58. The number of amides is 1. The second-order valence-electron chi connectivity index (χ2n) is 9.51. The molecule has 9 heteroatoms. The number of aromatic nitrogens is 4. The van der Waals surface area contributed by atoms with Gasteiger partial charge in [0.15, 0.2) is 0 Å². The van der Waals surface area contributed by atoms with Crippen molar-refractivity contribution in [2.75, 3.05) is 20.2 Å². The molecule has 9 nitrogen and oxygen atoms in total. The summed E-state index contributed by atoms with van der Waals surface area (Å²) in [6.45, 7) is 11.0. The number of carbonyl (C=O) groups excluding carboxylic acids is 1. The molecule has 1 amide bonds. The van der Waals surface area contributed by atoms with E-state index in [4.69, 9.17) is 19.1 Å². The summed E-state index contributed by atoms with van der Waals surface area (Å²) in [6.07, 6.45) is 1.21. The van der Waals surface area contributed by atoms with Crippen LogP contribution in [0.25, 0.3) is 16.9 Å². The minimum absolute atomic E-state index is 0.0985. The number of piperidine rings is 1. The summed E-state index contributed by atoms with van der Waals surface area (Å²) in [7, 11) is 1.65. The number of likely N-dealkylation sites (tertiary alicyclic amines) is 1. The topological polar surface area (TPSA) is 95.5 Å². The Bertz CT molecular complexity index is 1100. The zero-order chi connectivity index (χ0) is 23.0. The summed E-state index contributed by atoms with van der Waals surface area (Å²) < 4.78 is 18.2. The standard InChI is InChI=1S/C23H31N5O4/c1-14(2)19-17-13-16(30-6)7-8-18(17)28(25-19)21-24-20(32-26-21)15-9-11-27(12-10-15)22(29)31-23(3,4)5/h7-8,13-15H,9-12H2,1-6H3. The second-order valence-corrected chi connectivity index (χ2v) is 9.51. The molecular formula is C23H31N5O4. The van der Waals surface area contributed by atoms with Crippen molar-refractivity contribution in [2.45, 2.75) is 64.9 Å². The van der Waals surface area contributed by atoms with Gasteiger partial charge in [-0.25, -0.2) is 4.79 Å². The Morgan fingerprint density at radius 3 is 2.56 bits per heavy atom. The lowest BCUT2D eigenvalue weighted by Crippen LogP contribution is -2.41. The minimum Gasteiger partial charge on any atom is -0.497 e. The van der Waals surface area contributed by atoms with E-state index in [9.17, 15) is 4.79 Å². The van der Waals surface area contributed by atoms with E-state index in [1.165, 1.54) is 0 Å². The van der Waals surface area contributed by atoms with Crippen molar-refractivity contribution >= 4 is 17.0 Å². The molecule has 0 unspecified atom stereocenters. The average molecular weight is 442 g/mol. The molecule has 0 radical (unpaired) electrons. The molecule has 4 rings (SSSR count). The first kappa shape index (κ1) is 22.1. The first-order valence-electron chi connectivity index (χ1n) is 11.0. The average Bonchev–Trinajstić information content (AvgIpc) is 3.37. The lowest BCUT2D eigenvalue weighted by Gasteiger charge is -2.32. The molecule has 0 aliphatic carbocycles. The molecule has 172 valence electrons. The molecule has 3 heterocycles. The maximum atomic E-state index is 12.3. The van der Waals surface area contributed by atoms with Crippen LogP contribution in [0, 0.1) is 0 Å². The van der Waals surface area contributed by atoms with Crippen LogP contribution in [0.4, 0.5) is 4.79 Å². The zero-order valence-electron chi connectivity index (χ0n) is 19.6. The van der Waals surface area contributed by atoms with Crippen LogP contribution in [0.2, 0.25) is 0 Å². The third kappa shape index (κ3) is 4.42. The molecule has 1 aromatic carbocycles. The second kappa shape index (κ2) is 8.44. The number of methoxy groups -OCH3 is 1. The molecule has 1 fully saturated rings. The van der Waals surface area contributed by atoms with Crippen molar-refractivity contribution in [1.29, 1.82) is 0 Å². The van der Waals surface area contributed by atoms with Crippen molar-refractivity contribution < 1.29 is 18.8 Å². The first-order valence-corrected chi connectivity index (χ1v) is 11.0. The number of ether oxygens (including phenoxy) is 2. The van der Waals surface area contributed by atoms with Gasteiger partial charge in [0, 0.05) is 24.4 Å². The zero-order valence-corrected chi connectivity index (χ0v) is 19.6. The van der Waals surface area contributed by atoms with E-state index in [1.54, 1.807) is 16.7 Å². The molecule has 0 bridgehead atoms. The normalized spacial score (nSPS) is 15.5. The van der Waals surface area contributed by atoms with Gasteiger partial charge in [-0.3, -0.25) is 0 Å². The van der Waals surface area contributed by atoms with Gasteiger partial charge in [-0.2, -0.15) is 14.8 Å². The van der Waals surface area contributed by atoms with Crippen LogP contribution in [0.15, 0.2) is 22.7 Å². The molecule has 3 aromatic rings. The Labute approximate surface area is 187 Å². The number of rotatable bonds is 4. The van der Waals surface area contributed by atoms with Gasteiger partial charge in [-0.05, 0) is 62.9 Å². The minimum atomic E-state index is -0.499. The molecular weight excluding hydrogens is 410 g/mol. The number of hydrogen-bond acceptors (Lipinski definition) is 7. The first-order chi connectivity index (χ1) is 15.2. The van der Waals surface area contributed by atoms with E-state index in [0.29, 0.717) is 24.9 Å². The Kier molecular flexibility index (Phi) is 5.83. The van der Waals surface area contributed by atoms with E-state index in [0.717, 1.165) is 35.2 Å². The highest BCUT2D eigenvalue weighted by atomic mass is 16.6. The van der Waals surface area contributed by atoms with Gasteiger partial charge in [0.2, 0.25) is 5.89 Å². The summed E-state index contributed by atoms with van der Waals surface area (Å²) in [5.41, 5.74) is 1.36. The Morgan fingerprint density at radius 2 is 1.94 bits per heavy atom. The van der Waals surface area contributed by atoms with Crippen molar-refractivity contribution in [3.8, 4) is 11.7 Å². The third-order valence-electron chi connectivity index (χ3n) is 5.58. The quantitative estimate of drug-likeness (QED) is 0.581. The highest BCUT2D eigenvalue weighted by molar-refractivity contribution is 5.85. The summed E-state index contributed by atoms with van der Waals surface area (Å²) in [5, 5.41) is 9.99. The smallest absolute Gasteiger partial charge is 0.410 e. The van der Waals surface area contributed by atoms with Crippen molar-refractivity contribution in [2.24, 2.45) is 0 Å². The predicted molar refractivity (Wildman–Crippen MR) is 119 cm³/mol. The fraction of sp³-hybridized carbons (Fsp3) is 0.565. The number of benzene rings is 1. The van der Waals surface area contributed by atoms with Crippen LogP contribution >= 0.6 is 0 Å². The van der Waals surface area contributed by atoms with E-state index >= 15 is 0 Å². The Balaban J connectivity index is 1.53. The van der Waals surface area contributed by atoms with Gasteiger partial charge >= 0.3 is 6.09 Å². The lowest BCUT2D eigenvalue weighted by molar-refractivity contribution is 0.0198. The summed E-state index contributed by atoms with van der Waals surface area (Å²) in [5.74, 6) is 2.10. The van der Waals surface area contributed by atoms with E-state index < -0.39 is 5.60 Å². The highest BCUT2D eigenvalue weighted by Crippen LogP contribution is 2.31. The monoisotopic (exact) mass is 441 g/mol. The van der Waals surface area contributed by atoms with Crippen LogP contribution in [-0.2, 0) is 4.74 Å². The van der Waals surface area contributed by atoms with Crippen LogP contribution < -0.4 is 4.74 Å². The number of carbonyl (C=O) groups is 1. The maximum absolute atomic E-state index is 12.3. The van der Waals surface area contributed by atoms with Gasteiger partial charge in [0.1, 0.15) is 11.4 Å². The van der Waals surface area contributed by atoms with Crippen molar-refractivity contribution in [1.82, 2.24) is 24.8 Å². The summed E-state index contributed by atoms with van der Waals surface area (Å²) >= 11 is 0. The van der Waals surface area contributed by atoms with Crippen LogP contribution in [-0.4, -0.2) is 56.7 Å². The molecule has 1 aliphatic heterocycles. The summed E-state index contributed by atoms with van der Waals surface area (Å²) in [4.78, 5) is 18.7. The van der Waals surface area contributed by atoms with Gasteiger partial charge in [0.05, 0.1) is 18.3 Å². The van der Waals surface area contributed by atoms with Crippen molar-refractivity contribution in [3.05, 3.63) is 29.8 Å². The maximum Gasteiger partial charge on any atom is 0.410 e. The van der Waals surface area contributed by atoms with Gasteiger partial charge < -0.3 is 18.9 Å². The Morgan fingerprint density at radius 1 is 1.22 bits per heavy atom. The molecule has 0 atom stereocenters. The van der Waals surface area contributed by atoms with Gasteiger partial charge in [-0.1, -0.05) is 13.8 Å². The van der Waals surface area contributed by atoms with E-state index in [-0.39, 0.29) is 17.9 Å². The van der Waals surface area contributed by atoms with Gasteiger partial charge in [-0.15, -0.1) is 0 Å². The number of nitrogens with zero attached hydrogens (tertiary/aromatic N) is 5. The van der Waals surface area contributed by atoms with Crippen LogP contribution in [0.3, 0.4) is 0 Å². The van der Waals surface area contributed by atoms with E-state index in [2.05, 4.69) is 24.0 Å². The SMILES string of the molecule is COc1ccc2c(c1)c(C(C)C)nn2-c1noc(C2CCN(C(=O)OC(C)(C)C)CC2)n1. The molecule has 0 N–H and O–H groups in total.